The second kappa shape index (κ2) is 8.16. The molecule has 1 amide bonds. The molecule has 0 spiro atoms. The highest BCUT2D eigenvalue weighted by molar-refractivity contribution is 5.81. The smallest absolute Gasteiger partial charge is 0.228 e. The normalized spacial score (nSPS) is 23.9. The van der Waals surface area contributed by atoms with Crippen molar-refractivity contribution in [3.05, 3.63) is 71.3 Å². The van der Waals surface area contributed by atoms with E-state index >= 15 is 0 Å². The highest BCUT2D eigenvalue weighted by atomic mass is 16.5. The quantitative estimate of drug-likeness (QED) is 0.766. The Bertz CT molecular complexity index is 892. The van der Waals surface area contributed by atoms with E-state index < -0.39 is 11.8 Å². The predicted octanol–water partition coefficient (Wildman–Crippen LogP) is 4.51. The summed E-state index contributed by atoms with van der Waals surface area (Å²) in [7, 11) is 0. The molecule has 4 nitrogen and oxygen atoms in total. The Morgan fingerprint density at radius 2 is 1.80 bits per heavy atom. The van der Waals surface area contributed by atoms with Gasteiger partial charge in [0, 0.05) is 12.3 Å². The topological polar surface area (TPSA) is 49.8 Å². The molecular formula is C26H33NO3. The minimum atomic E-state index is -0.669. The molecule has 0 radical (unpaired) electrons. The Labute approximate surface area is 179 Å². The first kappa shape index (κ1) is 21.1. The van der Waals surface area contributed by atoms with E-state index in [0.29, 0.717) is 12.8 Å². The second-order valence-electron chi connectivity index (χ2n) is 9.59. The predicted molar refractivity (Wildman–Crippen MR) is 118 cm³/mol. The lowest BCUT2D eigenvalue weighted by Crippen LogP contribution is -2.48. The van der Waals surface area contributed by atoms with Crippen molar-refractivity contribution in [3.8, 4) is 0 Å². The molecule has 30 heavy (non-hydrogen) atoms. The van der Waals surface area contributed by atoms with E-state index in [1.165, 1.54) is 11.1 Å². The number of rotatable bonds is 6. The Balaban J connectivity index is 1.66. The number of ether oxygens (including phenoxy) is 1. The molecule has 1 N–H and O–H groups in total. The van der Waals surface area contributed by atoms with Gasteiger partial charge < -0.3 is 14.7 Å². The van der Waals surface area contributed by atoms with Gasteiger partial charge in [-0.15, -0.1) is 0 Å². The van der Waals surface area contributed by atoms with Crippen molar-refractivity contribution in [2.75, 3.05) is 0 Å². The summed E-state index contributed by atoms with van der Waals surface area (Å²) in [5.41, 5.74) is 2.91. The minimum absolute atomic E-state index is 0.00579. The zero-order chi connectivity index (χ0) is 21.5. The van der Waals surface area contributed by atoms with Crippen LogP contribution in [0.25, 0.3) is 0 Å². The van der Waals surface area contributed by atoms with Crippen LogP contribution in [-0.4, -0.2) is 33.8 Å². The van der Waals surface area contributed by atoms with Gasteiger partial charge in [0.05, 0.1) is 18.2 Å². The molecule has 0 saturated carbocycles. The molecule has 1 aliphatic heterocycles. The lowest BCUT2D eigenvalue weighted by molar-refractivity contribution is -0.153. The van der Waals surface area contributed by atoms with Crippen LogP contribution in [0.15, 0.2) is 54.6 Å². The molecule has 2 aromatic rings. The molecule has 4 heteroatoms. The summed E-state index contributed by atoms with van der Waals surface area (Å²) in [5, 5.41) is 10.6. The minimum Gasteiger partial charge on any atom is -0.393 e. The van der Waals surface area contributed by atoms with E-state index in [-0.39, 0.29) is 29.9 Å². The number of fused-ring (bicyclic) bond motifs is 3. The highest BCUT2D eigenvalue weighted by Gasteiger charge is 2.54. The van der Waals surface area contributed by atoms with Crippen LogP contribution in [-0.2, 0) is 22.4 Å². The summed E-state index contributed by atoms with van der Waals surface area (Å²) >= 11 is 0. The SMILES string of the molecule is CC(C)[C@@H](O)C[C@@H](Cc1ccccc1)C(=O)N1[C@H]2c3ccccc3C[C@H]2OC1(C)C. The van der Waals surface area contributed by atoms with E-state index in [1.54, 1.807) is 0 Å². The van der Waals surface area contributed by atoms with Crippen LogP contribution >= 0.6 is 0 Å². The molecule has 2 aliphatic rings. The number of hydrogen-bond donors (Lipinski definition) is 1. The summed E-state index contributed by atoms with van der Waals surface area (Å²) in [5.74, 6) is -0.106. The first-order valence-corrected chi connectivity index (χ1v) is 11.1. The Kier molecular flexibility index (Phi) is 5.73. The van der Waals surface area contributed by atoms with Crippen LogP contribution in [0.3, 0.4) is 0 Å². The third kappa shape index (κ3) is 3.91. The Morgan fingerprint density at radius 3 is 2.50 bits per heavy atom. The number of aliphatic hydroxyl groups excluding tert-OH is 1. The van der Waals surface area contributed by atoms with Gasteiger partial charge in [0.15, 0.2) is 0 Å². The van der Waals surface area contributed by atoms with Gasteiger partial charge in [-0.3, -0.25) is 4.79 Å². The maximum absolute atomic E-state index is 14.0. The van der Waals surface area contributed by atoms with Crippen LogP contribution < -0.4 is 0 Å². The van der Waals surface area contributed by atoms with Gasteiger partial charge in [-0.05, 0) is 49.3 Å². The van der Waals surface area contributed by atoms with Crippen molar-refractivity contribution in [1.29, 1.82) is 0 Å². The van der Waals surface area contributed by atoms with Crippen molar-refractivity contribution in [2.45, 2.75) is 70.9 Å². The molecule has 1 heterocycles. The van der Waals surface area contributed by atoms with Crippen molar-refractivity contribution in [1.82, 2.24) is 4.90 Å². The first-order chi connectivity index (χ1) is 14.3. The van der Waals surface area contributed by atoms with Gasteiger partial charge in [-0.25, -0.2) is 0 Å². The van der Waals surface area contributed by atoms with E-state index in [4.69, 9.17) is 4.74 Å². The lowest BCUT2D eigenvalue weighted by Gasteiger charge is -2.37. The number of aliphatic hydroxyl groups is 1. The molecule has 1 fully saturated rings. The third-order valence-corrected chi connectivity index (χ3v) is 6.65. The molecule has 0 aromatic heterocycles. The fourth-order valence-electron chi connectivity index (χ4n) is 5.04. The van der Waals surface area contributed by atoms with E-state index in [2.05, 4.69) is 24.3 Å². The maximum atomic E-state index is 14.0. The lowest BCUT2D eigenvalue weighted by atomic mass is 9.88. The molecule has 0 bridgehead atoms. The zero-order valence-corrected chi connectivity index (χ0v) is 18.4. The van der Waals surface area contributed by atoms with Gasteiger partial charge in [0.2, 0.25) is 5.91 Å². The molecular weight excluding hydrogens is 374 g/mol. The maximum Gasteiger partial charge on any atom is 0.228 e. The number of benzene rings is 2. The molecule has 2 aromatic carbocycles. The first-order valence-electron chi connectivity index (χ1n) is 11.1. The number of hydrogen-bond acceptors (Lipinski definition) is 3. The van der Waals surface area contributed by atoms with Crippen molar-refractivity contribution in [2.24, 2.45) is 11.8 Å². The van der Waals surface area contributed by atoms with Crippen LogP contribution in [0.4, 0.5) is 0 Å². The van der Waals surface area contributed by atoms with Crippen LogP contribution in [0.1, 0.15) is 56.8 Å². The Hall–Kier alpha value is -2.17. The zero-order valence-electron chi connectivity index (χ0n) is 18.4. The van der Waals surface area contributed by atoms with Crippen LogP contribution in [0.2, 0.25) is 0 Å². The summed E-state index contributed by atoms with van der Waals surface area (Å²) in [6.07, 6.45) is 1.40. The van der Waals surface area contributed by atoms with E-state index in [9.17, 15) is 9.90 Å². The second-order valence-corrected chi connectivity index (χ2v) is 9.59. The van der Waals surface area contributed by atoms with E-state index in [1.807, 2.05) is 62.9 Å². The summed E-state index contributed by atoms with van der Waals surface area (Å²) in [6, 6.07) is 18.4. The summed E-state index contributed by atoms with van der Waals surface area (Å²) in [4.78, 5) is 16.0. The largest absolute Gasteiger partial charge is 0.393 e. The number of nitrogens with zero attached hydrogens (tertiary/aromatic N) is 1. The van der Waals surface area contributed by atoms with Crippen molar-refractivity contribution < 1.29 is 14.6 Å². The summed E-state index contributed by atoms with van der Waals surface area (Å²) < 4.78 is 6.38. The molecule has 0 unspecified atom stereocenters. The van der Waals surface area contributed by atoms with Crippen molar-refractivity contribution in [3.63, 3.8) is 0 Å². The van der Waals surface area contributed by atoms with Crippen molar-refractivity contribution >= 4 is 5.91 Å². The molecule has 1 aliphatic carbocycles. The fourth-order valence-corrected chi connectivity index (χ4v) is 5.04. The molecule has 1 saturated heterocycles. The fraction of sp³-hybridized carbons (Fsp3) is 0.500. The van der Waals surface area contributed by atoms with Gasteiger partial charge in [-0.2, -0.15) is 0 Å². The molecule has 4 atom stereocenters. The molecule has 4 rings (SSSR count). The highest BCUT2D eigenvalue weighted by Crippen LogP contribution is 2.49. The van der Waals surface area contributed by atoms with Crippen LogP contribution in [0, 0.1) is 11.8 Å². The van der Waals surface area contributed by atoms with Gasteiger partial charge >= 0.3 is 0 Å². The van der Waals surface area contributed by atoms with Gasteiger partial charge in [-0.1, -0.05) is 68.4 Å². The van der Waals surface area contributed by atoms with Crippen LogP contribution in [0.5, 0.6) is 0 Å². The van der Waals surface area contributed by atoms with Gasteiger partial charge in [0.1, 0.15) is 5.72 Å². The van der Waals surface area contributed by atoms with E-state index in [0.717, 1.165) is 12.0 Å². The number of carbonyl (C=O) groups is 1. The monoisotopic (exact) mass is 407 g/mol. The third-order valence-electron chi connectivity index (χ3n) is 6.65. The average molecular weight is 408 g/mol. The number of carbonyl (C=O) groups excluding carboxylic acids is 1. The average Bonchev–Trinajstić information content (AvgIpc) is 3.17. The van der Waals surface area contributed by atoms with Gasteiger partial charge in [0.25, 0.3) is 0 Å². The Morgan fingerprint density at radius 1 is 1.13 bits per heavy atom. The molecule has 160 valence electrons. The standard InChI is InChI=1S/C26H33NO3/c1-17(2)22(28)15-20(14-18-10-6-5-7-11-18)25(29)27-24-21-13-9-8-12-19(21)16-23(24)30-26(27,3)4/h5-13,17,20,22-24,28H,14-16H2,1-4H3/t20-,22+,23-,24+/m1/s1. The number of amides is 1. The summed E-state index contributed by atoms with van der Waals surface area (Å²) in [6.45, 7) is 7.98.